The molecular weight excluding hydrogens is 354 g/mol. The maximum atomic E-state index is 11.9. The molecule has 0 fully saturated rings. The highest BCUT2D eigenvalue weighted by atomic mass is 16.6. The minimum Gasteiger partial charge on any atom is -0.465 e. The fraction of sp³-hybridized carbons (Fsp3) is 0.667. The molecule has 0 radical (unpaired) electrons. The van der Waals surface area contributed by atoms with Crippen LogP contribution in [0.25, 0.3) is 0 Å². The van der Waals surface area contributed by atoms with Crippen molar-refractivity contribution in [2.45, 2.75) is 65.6 Å². The lowest BCUT2D eigenvalue weighted by atomic mass is 10.2. The number of carbonyl (C=O) groups excluding carboxylic acids is 3. The predicted octanol–water partition coefficient (Wildman–Crippen LogP) is 2.90. The third-order valence-corrected chi connectivity index (χ3v) is 2.42. The first-order chi connectivity index (χ1) is 12.3. The van der Waals surface area contributed by atoms with Crippen LogP contribution in [0.1, 0.15) is 54.4 Å². The van der Waals surface area contributed by atoms with Crippen LogP contribution in [0.2, 0.25) is 0 Å². The molecule has 0 aromatic carbocycles. The highest BCUT2D eigenvalue weighted by Crippen LogP contribution is 2.08. The van der Waals surface area contributed by atoms with Gasteiger partial charge in [0.1, 0.15) is 11.2 Å². The zero-order valence-corrected chi connectivity index (χ0v) is 17.0. The average molecular weight is 385 g/mol. The number of rotatable bonds is 6. The van der Waals surface area contributed by atoms with E-state index >= 15 is 0 Å². The number of nitrogens with zero attached hydrogens (tertiary/aromatic N) is 1. The van der Waals surface area contributed by atoms with Gasteiger partial charge < -0.3 is 19.5 Å². The molecule has 0 unspecified atom stereocenters. The Morgan fingerprint density at radius 1 is 1.04 bits per heavy atom. The van der Waals surface area contributed by atoms with Gasteiger partial charge in [0, 0.05) is 6.54 Å². The van der Waals surface area contributed by atoms with Crippen molar-refractivity contribution < 1.29 is 28.6 Å². The predicted molar refractivity (Wildman–Crippen MR) is 101 cm³/mol. The summed E-state index contributed by atoms with van der Waals surface area (Å²) in [6, 6.07) is 0. The second-order valence-corrected chi connectivity index (χ2v) is 7.54. The lowest BCUT2D eigenvalue weighted by Crippen LogP contribution is -2.44. The van der Waals surface area contributed by atoms with E-state index in [1.165, 1.54) is 0 Å². The molecular formula is C18H31N3O6. The van der Waals surface area contributed by atoms with Crippen molar-refractivity contribution in [1.82, 2.24) is 10.6 Å². The summed E-state index contributed by atoms with van der Waals surface area (Å²) in [6.45, 7) is 14.0. The van der Waals surface area contributed by atoms with Gasteiger partial charge in [0.25, 0.3) is 0 Å². The monoisotopic (exact) mass is 385 g/mol. The van der Waals surface area contributed by atoms with Gasteiger partial charge in [-0.05, 0) is 48.0 Å². The Labute approximate surface area is 160 Å². The van der Waals surface area contributed by atoms with Gasteiger partial charge in [-0.15, -0.1) is 11.6 Å². The van der Waals surface area contributed by atoms with Crippen LogP contribution in [0.15, 0.2) is 17.6 Å². The minimum absolute atomic E-state index is 0.0144. The Hall–Kier alpha value is -2.58. The minimum atomic E-state index is -0.894. The number of alkyl carbamates (subject to hydrolysis) is 1. The number of carbonyl (C=O) groups is 3. The summed E-state index contributed by atoms with van der Waals surface area (Å²) in [5, 5.41) is 5.02. The molecule has 0 aliphatic carbocycles. The lowest BCUT2D eigenvalue weighted by Gasteiger charge is -2.21. The summed E-state index contributed by atoms with van der Waals surface area (Å²) >= 11 is 0. The Morgan fingerprint density at radius 3 is 2.15 bits per heavy atom. The smallest absolute Gasteiger partial charge is 0.437 e. The van der Waals surface area contributed by atoms with Gasteiger partial charge in [-0.25, -0.2) is 9.59 Å². The first-order valence-corrected chi connectivity index (χ1v) is 8.64. The SMILES string of the molecule is C=CCCOC(=O)CCN/C(=N\C(=O)OC(C)(C)C)NC(=O)OC(C)(C)C. The summed E-state index contributed by atoms with van der Waals surface area (Å²) in [5.41, 5.74) is -1.47. The topological polar surface area (TPSA) is 115 Å². The van der Waals surface area contributed by atoms with Gasteiger partial charge >= 0.3 is 18.2 Å². The van der Waals surface area contributed by atoms with E-state index in [2.05, 4.69) is 22.2 Å². The number of nitrogens with one attached hydrogen (secondary N) is 2. The number of guanidine groups is 1. The van der Waals surface area contributed by atoms with Crippen LogP contribution in [0.4, 0.5) is 9.59 Å². The Morgan fingerprint density at radius 2 is 1.63 bits per heavy atom. The number of hydrogen-bond acceptors (Lipinski definition) is 6. The number of esters is 1. The zero-order chi connectivity index (χ0) is 21.1. The van der Waals surface area contributed by atoms with Crippen molar-refractivity contribution in [2.24, 2.45) is 4.99 Å². The Balaban J connectivity index is 4.82. The number of amides is 2. The van der Waals surface area contributed by atoms with Crippen molar-refractivity contribution in [2.75, 3.05) is 13.2 Å². The Kier molecular flexibility index (Phi) is 10.1. The van der Waals surface area contributed by atoms with Crippen molar-refractivity contribution in [3.63, 3.8) is 0 Å². The third kappa shape index (κ3) is 15.4. The molecule has 154 valence electrons. The van der Waals surface area contributed by atoms with Crippen LogP contribution in [-0.4, -0.2) is 48.5 Å². The molecule has 0 heterocycles. The standard InChI is InChI=1S/C18H31N3O6/c1-8-9-12-25-13(22)10-11-19-14(20-15(23)26-17(2,3)4)21-16(24)27-18(5,6)7/h8H,1,9-12H2,2-7H3,(H2,19,20,21,23,24). The average Bonchev–Trinajstić information content (AvgIpc) is 2.43. The van der Waals surface area contributed by atoms with Crippen molar-refractivity contribution >= 4 is 24.1 Å². The van der Waals surface area contributed by atoms with Gasteiger partial charge in [0.2, 0.25) is 5.96 Å². The van der Waals surface area contributed by atoms with E-state index in [0.29, 0.717) is 6.42 Å². The molecule has 0 aromatic heterocycles. The molecule has 0 saturated heterocycles. The molecule has 2 amide bonds. The van der Waals surface area contributed by atoms with Crippen LogP contribution in [0.3, 0.4) is 0 Å². The fourth-order valence-electron chi connectivity index (χ4n) is 1.50. The van der Waals surface area contributed by atoms with Gasteiger partial charge in [-0.1, -0.05) is 6.08 Å². The maximum Gasteiger partial charge on any atom is 0.437 e. The molecule has 0 aliphatic rings. The number of hydrogen-bond donors (Lipinski definition) is 2. The van der Waals surface area contributed by atoms with E-state index in [0.717, 1.165) is 0 Å². The molecule has 0 atom stereocenters. The normalized spacial score (nSPS) is 12.0. The van der Waals surface area contributed by atoms with Crippen LogP contribution < -0.4 is 10.6 Å². The summed E-state index contributed by atoms with van der Waals surface area (Å²) in [6.07, 6.45) is 0.521. The van der Waals surface area contributed by atoms with E-state index in [4.69, 9.17) is 14.2 Å². The van der Waals surface area contributed by atoms with Gasteiger partial charge in [-0.3, -0.25) is 10.1 Å². The van der Waals surface area contributed by atoms with Crippen LogP contribution >= 0.6 is 0 Å². The second-order valence-electron chi connectivity index (χ2n) is 7.54. The second kappa shape index (κ2) is 11.2. The third-order valence-electron chi connectivity index (χ3n) is 2.42. The van der Waals surface area contributed by atoms with Gasteiger partial charge in [0.05, 0.1) is 13.0 Å². The summed E-state index contributed by atoms with van der Waals surface area (Å²) < 4.78 is 15.2. The van der Waals surface area contributed by atoms with Crippen LogP contribution in [-0.2, 0) is 19.0 Å². The van der Waals surface area contributed by atoms with Crippen LogP contribution in [0, 0.1) is 0 Å². The number of ether oxygens (including phenoxy) is 3. The maximum absolute atomic E-state index is 11.9. The fourth-order valence-corrected chi connectivity index (χ4v) is 1.50. The van der Waals surface area contributed by atoms with Gasteiger partial charge in [-0.2, -0.15) is 0 Å². The summed E-state index contributed by atoms with van der Waals surface area (Å²) in [5.74, 6) is -0.615. The molecule has 0 aliphatic heterocycles. The van der Waals surface area contributed by atoms with Crippen molar-refractivity contribution in [3.8, 4) is 0 Å². The van der Waals surface area contributed by atoms with Gasteiger partial charge in [0.15, 0.2) is 0 Å². The van der Waals surface area contributed by atoms with E-state index in [1.807, 2.05) is 0 Å². The van der Waals surface area contributed by atoms with E-state index in [1.54, 1.807) is 47.6 Å². The highest BCUT2D eigenvalue weighted by Gasteiger charge is 2.20. The molecule has 0 rings (SSSR count). The van der Waals surface area contributed by atoms with E-state index < -0.39 is 29.4 Å². The van der Waals surface area contributed by atoms with E-state index in [-0.39, 0.29) is 25.5 Å². The first kappa shape index (κ1) is 24.4. The highest BCUT2D eigenvalue weighted by molar-refractivity contribution is 5.99. The molecule has 9 heteroatoms. The zero-order valence-electron chi connectivity index (χ0n) is 17.0. The molecule has 0 aromatic rings. The molecule has 0 bridgehead atoms. The largest absolute Gasteiger partial charge is 0.465 e. The molecule has 0 spiro atoms. The molecule has 27 heavy (non-hydrogen) atoms. The lowest BCUT2D eigenvalue weighted by molar-refractivity contribution is -0.143. The summed E-state index contributed by atoms with van der Waals surface area (Å²) in [7, 11) is 0. The molecule has 9 nitrogen and oxygen atoms in total. The van der Waals surface area contributed by atoms with Crippen molar-refractivity contribution in [3.05, 3.63) is 12.7 Å². The molecule has 2 N–H and O–H groups in total. The van der Waals surface area contributed by atoms with Crippen LogP contribution in [0.5, 0.6) is 0 Å². The van der Waals surface area contributed by atoms with E-state index in [9.17, 15) is 14.4 Å². The first-order valence-electron chi connectivity index (χ1n) is 8.64. The summed E-state index contributed by atoms with van der Waals surface area (Å²) in [4.78, 5) is 39.0. The quantitative estimate of drug-likeness (QED) is 0.180. The molecule has 0 saturated carbocycles. The number of aliphatic imine (C=N–C) groups is 1. The Bertz CT molecular complexity index is 558. The van der Waals surface area contributed by atoms with Crippen molar-refractivity contribution in [1.29, 1.82) is 0 Å².